The van der Waals surface area contributed by atoms with Gasteiger partial charge in [-0.1, -0.05) is 35.9 Å². The van der Waals surface area contributed by atoms with Crippen molar-refractivity contribution in [3.05, 3.63) is 69.8 Å². The normalized spacial score (nSPS) is 10.7. The topological polar surface area (TPSA) is 17.1 Å². The van der Waals surface area contributed by atoms with E-state index in [0.29, 0.717) is 5.75 Å². The molecule has 110 valence electrons. The largest absolute Gasteiger partial charge is 0.293 e. The smallest absolute Gasteiger partial charge is 0.173 e. The molecule has 2 aromatic carbocycles. The number of benzene rings is 2. The van der Waals surface area contributed by atoms with Crippen LogP contribution in [0.4, 0.5) is 0 Å². The van der Waals surface area contributed by atoms with Crippen molar-refractivity contribution >= 4 is 17.5 Å². The quantitative estimate of drug-likeness (QED) is 0.720. The summed E-state index contributed by atoms with van der Waals surface area (Å²) >= 11 is 1.69. The van der Waals surface area contributed by atoms with Crippen LogP contribution in [0.25, 0.3) is 0 Å². The molecule has 0 aliphatic carbocycles. The Labute approximate surface area is 131 Å². The van der Waals surface area contributed by atoms with Crippen molar-refractivity contribution < 1.29 is 4.79 Å². The number of rotatable bonds is 5. The summed E-state index contributed by atoms with van der Waals surface area (Å²) in [5.41, 5.74) is 6.94. The molecule has 2 aromatic rings. The van der Waals surface area contributed by atoms with E-state index in [-0.39, 0.29) is 5.78 Å². The Bertz CT molecular complexity index is 659. The van der Waals surface area contributed by atoms with Crippen LogP contribution >= 0.6 is 11.8 Å². The molecule has 0 spiro atoms. The predicted molar refractivity (Wildman–Crippen MR) is 92.3 cm³/mol. The molecule has 0 aromatic heterocycles. The molecule has 0 atom stereocenters. The lowest BCUT2D eigenvalue weighted by Crippen LogP contribution is -2.06. The molecule has 2 rings (SSSR count). The van der Waals surface area contributed by atoms with E-state index in [1.165, 1.54) is 22.3 Å². The molecule has 0 aliphatic rings. The van der Waals surface area contributed by atoms with Crippen molar-refractivity contribution in [2.24, 2.45) is 0 Å². The van der Waals surface area contributed by atoms with E-state index < -0.39 is 0 Å². The Morgan fingerprint density at radius 1 is 0.952 bits per heavy atom. The molecule has 0 unspecified atom stereocenters. The van der Waals surface area contributed by atoms with Crippen LogP contribution in [0.5, 0.6) is 0 Å². The summed E-state index contributed by atoms with van der Waals surface area (Å²) in [7, 11) is 0. The lowest BCUT2D eigenvalue weighted by atomic mass is 9.99. The van der Waals surface area contributed by atoms with Gasteiger partial charge in [-0.2, -0.15) is 0 Å². The monoisotopic (exact) mass is 298 g/mol. The Hall–Kier alpha value is -1.54. The highest BCUT2D eigenvalue weighted by atomic mass is 32.2. The minimum Gasteiger partial charge on any atom is -0.293 e. The van der Waals surface area contributed by atoms with Gasteiger partial charge in [0.1, 0.15) is 0 Å². The second kappa shape index (κ2) is 6.95. The molecule has 0 saturated heterocycles. The van der Waals surface area contributed by atoms with Gasteiger partial charge >= 0.3 is 0 Å². The number of hydrogen-bond donors (Lipinski definition) is 0. The number of carbonyl (C=O) groups excluding carboxylic acids is 1. The third kappa shape index (κ3) is 4.21. The average molecular weight is 298 g/mol. The van der Waals surface area contributed by atoms with Gasteiger partial charge in [0.2, 0.25) is 0 Å². The lowest BCUT2D eigenvalue weighted by Gasteiger charge is -2.09. The number of aryl methyl sites for hydroxylation is 4. The van der Waals surface area contributed by atoms with E-state index in [1.54, 1.807) is 11.8 Å². The highest BCUT2D eigenvalue weighted by Crippen LogP contribution is 2.19. The first-order valence-electron chi connectivity index (χ1n) is 7.21. The molecule has 1 nitrogen and oxygen atoms in total. The lowest BCUT2D eigenvalue weighted by molar-refractivity contribution is 0.102. The molecule has 0 aliphatic heterocycles. The Morgan fingerprint density at radius 3 is 2.38 bits per heavy atom. The third-order valence-corrected chi connectivity index (χ3v) is 4.73. The van der Waals surface area contributed by atoms with E-state index >= 15 is 0 Å². The zero-order valence-corrected chi connectivity index (χ0v) is 14.0. The number of ketones is 1. The second-order valence-electron chi connectivity index (χ2n) is 5.66. The predicted octanol–water partition coefficient (Wildman–Crippen LogP) is 5.04. The van der Waals surface area contributed by atoms with Crippen LogP contribution in [0.2, 0.25) is 0 Å². The maximum absolute atomic E-state index is 12.4. The summed E-state index contributed by atoms with van der Waals surface area (Å²) in [6, 6.07) is 12.6. The van der Waals surface area contributed by atoms with Crippen molar-refractivity contribution in [2.45, 2.75) is 33.4 Å². The minimum absolute atomic E-state index is 0.230. The molecule has 0 saturated carbocycles. The molecule has 0 bridgehead atoms. The number of Topliss-reactive ketones (excluding diaryl/α,β-unsaturated/α-hetero) is 1. The van der Waals surface area contributed by atoms with Crippen molar-refractivity contribution in [3.63, 3.8) is 0 Å². The van der Waals surface area contributed by atoms with Crippen molar-refractivity contribution in [1.82, 2.24) is 0 Å². The summed E-state index contributed by atoms with van der Waals surface area (Å²) < 4.78 is 0. The number of thioether (sulfide) groups is 1. The van der Waals surface area contributed by atoms with Crippen LogP contribution in [0.15, 0.2) is 36.4 Å². The van der Waals surface area contributed by atoms with Gasteiger partial charge in [-0.3, -0.25) is 4.79 Å². The fourth-order valence-electron chi connectivity index (χ4n) is 2.40. The molecule has 2 heteroatoms. The maximum atomic E-state index is 12.4. The summed E-state index contributed by atoms with van der Waals surface area (Å²) in [5, 5.41) is 0. The number of carbonyl (C=O) groups is 1. The highest BCUT2D eigenvalue weighted by molar-refractivity contribution is 7.99. The molecule has 0 fully saturated rings. The first-order valence-corrected chi connectivity index (χ1v) is 8.37. The first kappa shape index (κ1) is 15.8. The van der Waals surface area contributed by atoms with Gasteiger partial charge in [-0.25, -0.2) is 0 Å². The molecule has 0 N–H and O–H groups in total. The molecule has 0 heterocycles. The fourth-order valence-corrected chi connectivity index (χ4v) is 3.26. The van der Waals surface area contributed by atoms with E-state index in [0.717, 1.165) is 16.9 Å². The third-order valence-electron chi connectivity index (χ3n) is 3.73. The van der Waals surface area contributed by atoms with Crippen LogP contribution in [-0.2, 0) is 5.75 Å². The molecule has 0 radical (unpaired) electrons. The van der Waals surface area contributed by atoms with Crippen LogP contribution in [0.3, 0.4) is 0 Å². The minimum atomic E-state index is 0.230. The zero-order chi connectivity index (χ0) is 15.4. The van der Waals surface area contributed by atoms with Gasteiger partial charge in [0.05, 0.1) is 5.75 Å². The summed E-state index contributed by atoms with van der Waals surface area (Å²) in [6.07, 6.45) is 0. The second-order valence-corrected chi connectivity index (χ2v) is 6.64. The SMILES string of the molecule is Cc1cccc(CSCC(=O)c2cc(C)c(C)cc2C)c1. The zero-order valence-electron chi connectivity index (χ0n) is 13.2. The Balaban J connectivity index is 1.98. The van der Waals surface area contributed by atoms with Crippen LogP contribution in [0, 0.1) is 27.7 Å². The summed E-state index contributed by atoms with van der Waals surface area (Å²) in [6.45, 7) is 8.26. The Morgan fingerprint density at radius 2 is 1.67 bits per heavy atom. The Kier molecular flexibility index (Phi) is 5.24. The van der Waals surface area contributed by atoms with Crippen LogP contribution < -0.4 is 0 Å². The van der Waals surface area contributed by atoms with E-state index in [1.807, 2.05) is 13.0 Å². The molecular weight excluding hydrogens is 276 g/mol. The molecular formula is C19H22OS. The fraction of sp³-hybridized carbons (Fsp3) is 0.316. The maximum Gasteiger partial charge on any atom is 0.173 e. The van der Waals surface area contributed by atoms with Crippen LogP contribution in [0.1, 0.15) is 38.2 Å². The van der Waals surface area contributed by atoms with Crippen molar-refractivity contribution in [3.8, 4) is 0 Å². The van der Waals surface area contributed by atoms with Gasteiger partial charge in [0.25, 0.3) is 0 Å². The van der Waals surface area contributed by atoms with E-state index in [9.17, 15) is 4.79 Å². The summed E-state index contributed by atoms with van der Waals surface area (Å²) in [5.74, 6) is 1.66. The highest BCUT2D eigenvalue weighted by Gasteiger charge is 2.10. The number of hydrogen-bond acceptors (Lipinski definition) is 2. The van der Waals surface area contributed by atoms with E-state index in [2.05, 4.69) is 51.1 Å². The van der Waals surface area contributed by atoms with Gasteiger partial charge < -0.3 is 0 Å². The van der Waals surface area contributed by atoms with Gasteiger partial charge in [0, 0.05) is 11.3 Å². The molecule has 21 heavy (non-hydrogen) atoms. The average Bonchev–Trinajstić information content (AvgIpc) is 2.43. The van der Waals surface area contributed by atoms with Gasteiger partial charge in [-0.15, -0.1) is 11.8 Å². The van der Waals surface area contributed by atoms with E-state index in [4.69, 9.17) is 0 Å². The van der Waals surface area contributed by atoms with Gasteiger partial charge in [-0.05, 0) is 56.0 Å². The standard InChI is InChI=1S/C19H22OS/c1-13-6-5-7-17(8-13)11-21-12-19(20)18-10-15(3)14(2)9-16(18)4/h5-10H,11-12H2,1-4H3. The van der Waals surface area contributed by atoms with Crippen LogP contribution in [-0.4, -0.2) is 11.5 Å². The summed E-state index contributed by atoms with van der Waals surface area (Å²) in [4.78, 5) is 12.4. The molecule has 0 amide bonds. The van der Waals surface area contributed by atoms with Crippen molar-refractivity contribution in [1.29, 1.82) is 0 Å². The first-order chi connectivity index (χ1) is 9.97. The van der Waals surface area contributed by atoms with Gasteiger partial charge in [0.15, 0.2) is 5.78 Å². The van der Waals surface area contributed by atoms with Crippen molar-refractivity contribution in [2.75, 3.05) is 5.75 Å².